The van der Waals surface area contributed by atoms with E-state index in [0.29, 0.717) is 12.1 Å². The lowest BCUT2D eigenvalue weighted by Crippen LogP contribution is -2.39. The van der Waals surface area contributed by atoms with Gasteiger partial charge in [0.2, 0.25) is 0 Å². The summed E-state index contributed by atoms with van der Waals surface area (Å²) in [4.78, 5) is 31.2. The molecule has 2 aromatic carbocycles. The second-order valence-electron chi connectivity index (χ2n) is 9.70. The molecule has 0 spiro atoms. The SMILES string of the molecule is Cc1cccc(/C=C2\CCCc3c2nc2ccccc2c3C(=O)OC(C)C(=O)NCC2CCCO2)c1. The summed E-state index contributed by atoms with van der Waals surface area (Å²) in [7, 11) is 0. The summed E-state index contributed by atoms with van der Waals surface area (Å²) in [5.41, 5.74) is 6.44. The highest BCUT2D eigenvalue weighted by Crippen LogP contribution is 2.36. The minimum absolute atomic E-state index is 0.0339. The van der Waals surface area contributed by atoms with E-state index in [2.05, 4.69) is 36.5 Å². The summed E-state index contributed by atoms with van der Waals surface area (Å²) in [5.74, 6) is -0.799. The molecule has 1 aliphatic carbocycles. The molecule has 1 fully saturated rings. The Bertz CT molecular complexity index is 1320. The fraction of sp³-hybridized carbons (Fsp3) is 0.367. The van der Waals surface area contributed by atoms with Gasteiger partial charge in [-0.3, -0.25) is 4.79 Å². The highest BCUT2D eigenvalue weighted by Gasteiger charge is 2.28. The molecule has 2 atom stereocenters. The molecule has 1 N–H and O–H groups in total. The van der Waals surface area contributed by atoms with E-state index in [9.17, 15) is 9.59 Å². The normalized spacial score (nSPS) is 19.2. The number of fused-ring (bicyclic) bond motifs is 2. The lowest BCUT2D eigenvalue weighted by atomic mass is 9.86. The average Bonchev–Trinajstić information content (AvgIpc) is 3.40. The van der Waals surface area contributed by atoms with Gasteiger partial charge < -0.3 is 14.8 Å². The Morgan fingerprint density at radius 1 is 1.17 bits per heavy atom. The maximum Gasteiger partial charge on any atom is 0.339 e. The number of nitrogens with zero attached hydrogens (tertiary/aromatic N) is 1. The van der Waals surface area contributed by atoms with Gasteiger partial charge in [0, 0.05) is 18.5 Å². The van der Waals surface area contributed by atoms with Gasteiger partial charge in [-0.1, -0.05) is 48.0 Å². The number of aryl methyl sites for hydroxylation is 1. The second kappa shape index (κ2) is 10.6. The topological polar surface area (TPSA) is 77.5 Å². The van der Waals surface area contributed by atoms with E-state index in [1.165, 1.54) is 5.56 Å². The number of carbonyl (C=O) groups is 2. The quantitative estimate of drug-likeness (QED) is 0.483. The molecule has 6 heteroatoms. The summed E-state index contributed by atoms with van der Waals surface area (Å²) >= 11 is 0. The fourth-order valence-electron chi connectivity index (χ4n) is 5.11. The van der Waals surface area contributed by atoms with E-state index in [4.69, 9.17) is 14.5 Å². The van der Waals surface area contributed by atoms with Crippen molar-refractivity contribution in [2.45, 2.75) is 58.2 Å². The van der Waals surface area contributed by atoms with Crippen molar-refractivity contribution in [1.29, 1.82) is 0 Å². The number of amides is 1. The maximum absolute atomic E-state index is 13.5. The van der Waals surface area contributed by atoms with Crippen LogP contribution in [0.3, 0.4) is 0 Å². The Kier molecular flexibility index (Phi) is 7.14. The van der Waals surface area contributed by atoms with E-state index < -0.39 is 12.1 Å². The second-order valence-corrected chi connectivity index (χ2v) is 9.70. The number of pyridine rings is 1. The molecular formula is C30H32N2O4. The summed E-state index contributed by atoms with van der Waals surface area (Å²) in [6, 6.07) is 16.0. The number of hydrogen-bond acceptors (Lipinski definition) is 5. The molecule has 186 valence electrons. The molecule has 0 saturated carbocycles. The molecule has 1 amide bonds. The largest absolute Gasteiger partial charge is 0.449 e. The van der Waals surface area contributed by atoms with Crippen LogP contribution in [0, 0.1) is 6.92 Å². The van der Waals surface area contributed by atoms with Crippen LogP contribution in [0.25, 0.3) is 22.6 Å². The number of aromatic nitrogens is 1. The van der Waals surface area contributed by atoms with Crippen LogP contribution in [0.15, 0.2) is 48.5 Å². The van der Waals surface area contributed by atoms with Crippen LogP contribution in [0.2, 0.25) is 0 Å². The van der Waals surface area contributed by atoms with Crippen LogP contribution >= 0.6 is 0 Å². The molecule has 1 saturated heterocycles. The molecule has 6 nitrogen and oxygen atoms in total. The van der Waals surface area contributed by atoms with Crippen molar-refractivity contribution in [2.24, 2.45) is 0 Å². The average molecular weight is 485 g/mol. The predicted molar refractivity (Wildman–Crippen MR) is 141 cm³/mol. The van der Waals surface area contributed by atoms with Crippen molar-refractivity contribution in [3.8, 4) is 0 Å². The monoisotopic (exact) mass is 484 g/mol. The number of carbonyl (C=O) groups excluding carboxylic acids is 2. The standard InChI is InChI=1S/C30H32N2O4/c1-19-8-5-9-21(16-19)17-22-10-6-13-25-27(24-12-3-4-14-26(24)32-28(22)25)30(34)36-20(2)29(33)31-18-23-11-7-15-35-23/h3-5,8-9,12,14,16-17,20,23H,6-7,10-11,13,15,18H2,1-2H3,(H,31,33)/b22-17+. The zero-order chi connectivity index (χ0) is 25.1. The smallest absolute Gasteiger partial charge is 0.339 e. The Hall–Kier alpha value is -3.51. The number of hydrogen-bond donors (Lipinski definition) is 1. The van der Waals surface area contributed by atoms with E-state index in [1.807, 2.05) is 30.3 Å². The molecule has 2 aliphatic rings. The molecule has 5 rings (SSSR count). The summed E-state index contributed by atoms with van der Waals surface area (Å²) < 4.78 is 11.3. The van der Waals surface area contributed by atoms with Crippen LogP contribution in [0.5, 0.6) is 0 Å². The van der Waals surface area contributed by atoms with Crippen LogP contribution in [0.1, 0.15) is 65.3 Å². The third kappa shape index (κ3) is 5.19. The molecule has 1 aliphatic heterocycles. The van der Waals surface area contributed by atoms with E-state index >= 15 is 0 Å². The first-order valence-corrected chi connectivity index (χ1v) is 12.8. The van der Waals surface area contributed by atoms with Gasteiger partial charge in [0.05, 0.1) is 22.9 Å². The van der Waals surface area contributed by atoms with Crippen LogP contribution in [-0.2, 0) is 20.7 Å². The van der Waals surface area contributed by atoms with Gasteiger partial charge in [0.25, 0.3) is 5.91 Å². The van der Waals surface area contributed by atoms with E-state index in [-0.39, 0.29) is 12.0 Å². The number of rotatable bonds is 6. The predicted octanol–water partition coefficient (Wildman–Crippen LogP) is 5.26. The number of benzene rings is 2. The Labute approximate surface area is 211 Å². The lowest BCUT2D eigenvalue weighted by Gasteiger charge is -2.23. The molecule has 2 unspecified atom stereocenters. The molecular weight excluding hydrogens is 452 g/mol. The highest BCUT2D eigenvalue weighted by atomic mass is 16.5. The van der Waals surface area contributed by atoms with Gasteiger partial charge in [-0.2, -0.15) is 0 Å². The number of esters is 1. The number of ether oxygens (including phenoxy) is 2. The lowest BCUT2D eigenvalue weighted by molar-refractivity contribution is -0.129. The highest BCUT2D eigenvalue weighted by molar-refractivity contribution is 6.07. The van der Waals surface area contributed by atoms with E-state index in [1.54, 1.807) is 6.92 Å². The number of para-hydroxylation sites is 1. The Morgan fingerprint density at radius 2 is 2.03 bits per heavy atom. The third-order valence-corrected chi connectivity index (χ3v) is 6.94. The van der Waals surface area contributed by atoms with E-state index in [0.717, 1.165) is 72.0 Å². The van der Waals surface area contributed by atoms with Crippen molar-refractivity contribution < 1.29 is 19.1 Å². The van der Waals surface area contributed by atoms with Crippen molar-refractivity contribution in [3.63, 3.8) is 0 Å². The zero-order valence-electron chi connectivity index (χ0n) is 20.9. The summed E-state index contributed by atoms with van der Waals surface area (Å²) in [6.07, 6.45) is 5.78. The number of nitrogens with one attached hydrogen (secondary N) is 1. The molecule has 0 radical (unpaired) electrons. The maximum atomic E-state index is 13.5. The molecule has 3 aromatic rings. The van der Waals surface area contributed by atoms with Gasteiger partial charge in [0.1, 0.15) is 0 Å². The summed E-state index contributed by atoms with van der Waals surface area (Å²) in [6.45, 7) is 4.85. The minimum Gasteiger partial charge on any atom is -0.449 e. The summed E-state index contributed by atoms with van der Waals surface area (Å²) in [5, 5.41) is 3.61. The first-order chi connectivity index (χ1) is 17.5. The minimum atomic E-state index is -0.910. The molecule has 36 heavy (non-hydrogen) atoms. The van der Waals surface area contributed by atoms with Gasteiger partial charge in [-0.15, -0.1) is 0 Å². The van der Waals surface area contributed by atoms with Crippen LogP contribution in [-0.4, -0.2) is 42.2 Å². The van der Waals surface area contributed by atoms with Crippen molar-refractivity contribution in [1.82, 2.24) is 10.3 Å². The molecule has 2 heterocycles. The van der Waals surface area contributed by atoms with Crippen molar-refractivity contribution in [2.75, 3.05) is 13.2 Å². The van der Waals surface area contributed by atoms with Crippen molar-refractivity contribution >= 4 is 34.4 Å². The first kappa shape index (κ1) is 24.2. The van der Waals surface area contributed by atoms with Gasteiger partial charge in [-0.25, -0.2) is 9.78 Å². The van der Waals surface area contributed by atoms with Gasteiger partial charge in [0.15, 0.2) is 6.10 Å². The third-order valence-electron chi connectivity index (χ3n) is 6.94. The zero-order valence-corrected chi connectivity index (χ0v) is 20.9. The van der Waals surface area contributed by atoms with Crippen molar-refractivity contribution in [3.05, 3.63) is 76.5 Å². The molecule has 1 aromatic heterocycles. The van der Waals surface area contributed by atoms with Gasteiger partial charge >= 0.3 is 5.97 Å². The first-order valence-electron chi connectivity index (χ1n) is 12.8. The van der Waals surface area contributed by atoms with Crippen LogP contribution in [0.4, 0.5) is 0 Å². The molecule has 0 bridgehead atoms. The van der Waals surface area contributed by atoms with Crippen LogP contribution < -0.4 is 5.32 Å². The number of allylic oxidation sites excluding steroid dienone is 1. The fourth-order valence-corrected chi connectivity index (χ4v) is 5.11. The van der Waals surface area contributed by atoms with Gasteiger partial charge in [-0.05, 0) is 74.8 Å². The Balaban J connectivity index is 1.45. The Morgan fingerprint density at radius 3 is 2.83 bits per heavy atom.